The summed E-state index contributed by atoms with van der Waals surface area (Å²) < 4.78 is 0. The van der Waals surface area contributed by atoms with E-state index in [0.29, 0.717) is 0 Å². The second kappa shape index (κ2) is 4.89. The van der Waals surface area contributed by atoms with Gasteiger partial charge in [0.25, 0.3) is 0 Å². The van der Waals surface area contributed by atoms with Gasteiger partial charge >= 0.3 is 0 Å². The van der Waals surface area contributed by atoms with Gasteiger partial charge in [-0.25, -0.2) is 0 Å². The van der Waals surface area contributed by atoms with Gasteiger partial charge in [0.05, 0.1) is 0 Å². The molecule has 12 heavy (non-hydrogen) atoms. The molecule has 0 bridgehead atoms. The second-order valence-corrected chi connectivity index (χ2v) is 4.83. The van der Waals surface area contributed by atoms with E-state index in [1.807, 2.05) is 0 Å². The van der Waals surface area contributed by atoms with Gasteiger partial charge in [-0.05, 0) is 24.2 Å². The summed E-state index contributed by atoms with van der Waals surface area (Å²) in [6, 6.07) is 0. The van der Waals surface area contributed by atoms with Crippen LogP contribution in [0.2, 0.25) is 0 Å². The molecular weight excluding hydrogens is 144 g/mol. The van der Waals surface area contributed by atoms with Gasteiger partial charge in [-0.15, -0.1) is 0 Å². The Morgan fingerprint density at radius 3 is 2.25 bits per heavy atom. The summed E-state index contributed by atoms with van der Waals surface area (Å²) in [5, 5.41) is 0. The molecule has 0 aliphatic heterocycles. The van der Waals surface area contributed by atoms with Gasteiger partial charge in [0, 0.05) is 0 Å². The number of hydrogen-bond acceptors (Lipinski definition) is 0. The predicted molar refractivity (Wildman–Crippen MR) is 55.2 cm³/mol. The normalized spacial score (nSPS) is 21.0. The Hall–Kier alpha value is 0. The molecule has 1 fully saturated rings. The molecule has 0 saturated heterocycles. The van der Waals surface area contributed by atoms with Gasteiger partial charge in [0.15, 0.2) is 0 Å². The van der Waals surface area contributed by atoms with Crippen molar-refractivity contribution in [3.05, 3.63) is 0 Å². The second-order valence-electron chi connectivity index (χ2n) is 4.83. The first-order valence-electron chi connectivity index (χ1n) is 5.74. The van der Waals surface area contributed by atoms with Gasteiger partial charge in [0.2, 0.25) is 0 Å². The van der Waals surface area contributed by atoms with Crippen molar-refractivity contribution in [2.24, 2.45) is 17.8 Å². The fourth-order valence-corrected chi connectivity index (χ4v) is 2.25. The standard InChI is InChI=1S/C12H24/c1-4-6-12(10(2)3)9-11-7-5-8-11/h10-12H,4-9H2,1-3H3. The first kappa shape index (κ1) is 10.1. The maximum absolute atomic E-state index is 2.39. The molecule has 0 N–H and O–H groups in total. The van der Waals surface area contributed by atoms with Crippen LogP contribution in [0.25, 0.3) is 0 Å². The van der Waals surface area contributed by atoms with Gasteiger partial charge in [-0.2, -0.15) is 0 Å². The fourth-order valence-electron chi connectivity index (χ4n) is 2.25. The fraction of sp³-hybridized carbons (Fsp3) is 1.00. The highest BCUT2D eigenvalue weighted by atomic mass is 14.3. The smallest absolute Gasteiger partial charge is 0.0389 e. The zero-order valence-electron chi connectivity index (χ0n) is 8.97. The molecule has 1 rings (SSSR count). The van der Waals surface area contributed by atoms with Gasteiger partial charge in [0.1, 0.15) is 0 Å². The third-order valence-electron chi connectivity index (χ3n) is 3.46. The average molecular weight is 168 g/mol. The van der Waals surface area contributed by atoms with Crippen LogP contribution < -0.4 is 0 Å². The SMILES string of the molecule is CCCC(CC1CCC1)C(C)C. The van der Waals surface area contributed by atoms with Crippen LogP contribution in [0.15, 0.2) is 0 Å². The van der Waals surface area contributed by atoms with Crippen LogP contribution in [-0.4, -0.2) is 0 Å². The van der Waals surface area contributed by atoms with E-state index in [2.05, 4.69) is 20.8 Å². The van der Waals surface area contributed by atoms with E-state index < -0.39 is 0 Å². The van der Waals surface area contributed by atoms with Crippen molar-refractivity contribution in [2.75, 3.05) is 0 Å². The molecule has 1 saturated carbocycles. The summed E-state index contributed by atoms with van der Waals surface area (Å²) in [6.45, 7) is 7.09. The first-order valence-corrected chi connectivity index (χ1v) is 5.74. The van der Waals surface area contributed by atoms with E-state index in [1.165, 1.54) is 38.5 Å². The summed E-state index contributed by atoms with van der Waals surface area (Å²) >= 11 is 0. The molecule has 0 heterocycles. The Morgan fingerprint density at radius 2 is 1.92 bits per heavy atom. The summed E-state index contributed by atoms with van der Waals surface area (Å²) in [7, 11) is 0. The quantitative estimate of drug-likeness (QED) is 0.575. The topological polar surface area (TPSA) is 0 Å². The molecule has 72 valence electrons. The third kappa shape index (κ3) is 2.80. The molecule has 0 radical (unpaired) electrons. The van der Waals surface area contributed by atoms with E-state index in [4.69, 9.17) is 0 Å². The lowest BCUT2D eigenvalue weighted by Crippen LogP contribution is -2.19. The van der Waals surface area contributed by atoms with Crippen molar-refractivity contribution < 1.29 is 0 Å². The van der Waals surface area contributed by atoms with Crippen LogP contribution in [0.3, 0.4) is 0 Å². The number of rotatable bonds is 5. The van der Waals surface area contributed by atoms with Crippen LogP contribution in [0.1, 0.15) is 59.3 Å². The van der Waals surface area contributed by atoms with Crippen molar-refractivity contribution in [2.45, 2.75) is 59.3 Å². The molecule has 0 aromatic carbocycles. The lowest BCUT2D eigenvalue weighted by Gasteiger charge is -2.31. The van der Waals surface area contributed by atoms with E-state index in [1.54, 1.807) is 0 Å². The lowest BCUT2D eigenvalue weighted by molar-refractivity contribution is 0.207. The zero-order chi connectivity index (χ0) is 8.97. The zero-order valence-corrected chi connectivity index (χ0v) is 8.97. The Balaban J connectivity index is 2.21. The van der Waals surface area contributed by atoms with Crippen molar-refractivity contribution >= 4 is 0 Å². The van der Waals surface area contributed by atoms with E-state index in [9.17, 15) is 0 Å². The van der Waals surface area contributed by atoms with Gasteiger partial charge < -0.3 is 0 Å². The van der Waals surface area contributed by atoms with Crippen molar-refractivity contribution in [1.29, 1.82) is 0 Å². The maximum atomic E-state index is 2.39. The minimum Gasteiger partial charge on any atom is -0.0654 e. The molecule has 0 amide bonds. The van der Waals surface area contributed by atoms with Crippen LogP contribution >= 0.6 is 0 Å². The molecular formula is C12H24. The molecule has 1 aliphatic rings. The van der Waals surface area contributed by atoms with Crippen molar-refractivity contribution in [3.8, 4) is 0 Å². The van der Waals surface area contributed by atoms with E-state index in [-0.39, 0.29) is 0 Å². The molecule has 1 unspecified atom stereocenters. The summed E-state index contributed by atoms with van der Waals surface area (Å²) in [6.07, 6.45) is 8.89. The molecule has 0 spiro atoms. The Bertz CT molecular complexity index is 111. The van der Waals surface area contributed by atoms with Crippen LogP contribution in [0.4, 0.5) is 0 Å². The molecule has 1 aliphatic carbocycles. The van der Waals surface area contributed by atoms with Crippen molar-refractivity contribution in [3.63, 3.8) is 0 Å². The highest BCUT2D eigenvalue weighted by Crippen LogP contribution is 2.35. The van der Waals surface area contributed by atoms with E-state index >= 15 is 0 Å². The minimum atomic E-state index is 0.908. The summed E-state index contributed by atoms with van der Waals surface area (Å²) in [5.41, 5.74) is 0. The Kier molecular flexibility index (Phi) is 4.11. The highest BCUT2D eigenvalue weighted by molar-refractivity contribution is 4.74. The maximum Gasteiger partial charge on any atom is -0.0389 e. The first-order chi connectivity index (χ1) is 5.74. The summed E-state index contributed by atoms with van der Waals surface area (Å²) in [4.78, 5) is 0. The predicted octanol–water partition coefficient (Wildman–Crippen LogP) is 4.25. The molecule has 0 heteroatoms. The highest BCUT2D eigenvalue weighted by Gasteiger charge is 2.23. The van der Waals surface area contributed by atoms with Crippen LogP contribution in [0.5, 0.6) is 0 Å². The largest absolute Gasteiger partial charge is 0.0654 e. The lowest BCUT2D eigenvalue weighted by atomic mass is 9.75. The monoisotopic (exact) mass is 168 g/mol. The Morgan fingerprint density at radius 1 is 1.25 bits per heavy atom. The Labute approximate surface area is 77.7 Å². The number of hydrogen-bond donors (Lipinski definition) is 0. The van der Waals surface area contributed by atoms with Crippen LogP contribution in [0, 0.1) is 17.8 Å². The van der Waals surface area contributed by atoms with Crippen molar-refractivity contribution in [1.82, 2.24) is 0 Å². The van der Waals surface area contributed by atoms with Crippen LogP contribution in [-0.2, 0) is 0 Å². The average Bonchev–Trinajstić information content (AvgIpc) is 1.93. The molecule has 0 aromatic rings. The third-order valence-corrected chi connectivity index (χ3v) is 3.46. The van der Waals surface area contributed by atoms with Gasteiger partial charge in [-0.1, -0.05) is 52.9 Å². The molecule has 0 nitrogen and oxygen atoms in total. The molecule has 0 aromatic heterocycles. The van der Waals surface area contributed by atoms with E-state index in [0.717, 1.165) is 17.8 Å². The summed E-state index contributed by atoms with van der Waals surface area (Å²) in [5.74, 6) is 3.02. The minimum absolute atomic E-state index is 0.908. The molecule has 1 atom stereocenters. The van der Waals surface area contributed by atoms with Gasteiger partial charge in [-0.3, -0.25) is 0 Å².